The zero-order chi connectivity index (χ0) is 27.8. The van der Waals surface area contributed by atoms with Crippen LogP contribution in [0.4, 0.5) is 10.5 Å². The minimum Gasteiger partial charge on any atom is -0.465 e. The van der Waals surface area contributed by atoms with E-state index in [1.54, 1.807) is 32.4 Å². The number of hydrogen-bond acceptors (Lipinski definition) is 6. The number of para-hydroxylation sites is 1. The lowest BCUT2D eigenvalue weighted by Crippen LogP contribution is -2.44. The van der Waals surface area contributed by atoms with Crippen LogP contribution in [0.25, 0.3) is 11.1 Å². The van der Waals surface area contributed by atoms with E-state index in [1.807, 2.05) is 18.2 Å². The number of nitrogens with one attached hydrogen (secondary N) is 2. The highest BCUT2D eigenvalue weighted by atomic mass is 16.4. The van der Waals surface area contributed by atoms with Crippen molar-refractivity contribution in [3.63, 3.8) is 0 Å². The van der Waals surface area contributed by atoms with E-state index >= 15 is 0 Å². The van der Waals surface area contributed by atoms with E-state index < -0.39 is 23.6 Å². The van der Waals surface area contributed by atoms with E-state index in [2.05, 4.69) is 29.5 Å². The normalized spacial score (nSPS) is 12.1. The van der Waals surface area contributed by atoms with Crippen LogP contribution in [-0.4, -0.2) is 57.6 Å². The third-order valence-corrected chi connectivity index (χ3v) is 5.70. The number of amides is 3. The number of carboxylic acid groups (broad SMARTS) is 1. The number of hydrogen-bond donors (Lipinski definition) is 3. The first-order valence-corrected chi connectivity index (χ1v) is 12.3. The van der Waals surface area contributed by atoms with E-state index in [9.17, 15) is 19.2 Å². The standard InChI is InChI=1S/C27H33N5O6/c1-17(2)15-18-9-7-12-21-24(18)30-22(38-21)16-32-14-8-11-20(26(32)35)28-25(34)19(29-27(36)37)10-5-6-13-23(33)31(3)4/h6-9,11-14,17,19,29H,5,10,15-16H2,1-4H3,(H,28,34)(H,36,37)/b13-6+/t19-/m0/s1. The van der Waals surface area contributed by atoms with Gasteiger partial charge in [0.25, 0.3) is 5.56 Å². The molecule has 0 aliphatic heterocycles. The van der Waals surface area contributed by atoms with Crippen LogP contribution in [0.1, 0.15) is 38.1 Å². The molecule has 3 amide bonds. The van der Waals surface area contributed by atoms with Gasteiger partial charge >= 0.3 is 6.09 Å². The highest BCUT2D eigenvalue weighted by Crippen LogP contribution is 2.22. The summed E-state index contributed by atoms with van der Waals surface area (Å²) in [6.07, 6.45) is 4.31. The quantitative estimate of drug-likeness (QED) is 0.327. The Balaban J connectivity index is 1.74. The van der Waals surface area contributed by atoms with Gasteiger partial charge in [-0.2, -0.15) is 0 Å². The van der Waals surface area contributed by atoms with Crippen LogP contribution in [0.15, 0.2) is 57.9 Å². The number of benzene rings is 1. The third kappa shape index (κ3) is 7.55. The summed E-state index contributed by atoms with van der Waals surface area (Å²) in [6.45, 7) is 4.30. The predicted octanol–water partition coefficient (Wildman–Crippen LogP) is 3.24. The Morgan fingerprint density at radius 2 is 1.95 bits per heavy atom. The van der Waals surface area contributed by atoms with Crippen LogP contribution in [0, 0.1) is 5.92 Å². The molecule has 0 unspecified atom stereocenters. The minimum absolute atomic E-state index is 0.00961. The van der Waals surface area contributed by atoms with Crippen molar-refractivity contribution >= 4 is 34.7 Å². The summed E-state index contributed by atoms with van der Waals surface area (Å²) < 4.78 is 7.23. The van der Waals surface area contributed by atoms with Crippen molar-refractivity contribution in [1.29, 1.82) is 0 Å². The molecule has 0 fully saturated rings. The summed E-state index contributed by atoms with van der Waals surface area (Å²) in [6, 6.07) is 7.66. The number of carbonyl (C=O) groups excluding carboxylic acids is 2. The van der Waals surface area contributed by atoms with Crippen LogP contribution < -0.4 is 16.2 Å². The Morgan fingerprint density at radius 3 is 2.63 bits per heavy atom. The summed E-state index contributed by atoms with van der Waals surface area (Å²) in [5, 5.41) is 13.8. The molecule has 0 radical (unpaired) electrons. The van der Waals surface area contributed by atoms with Crippen LogP contribution in [-0.2, 0) is 22.6 Å². The monoisotopic (exact) mass is 523 g/mol. The van der Waals surface area contributed by atoms with Gasteiger partial charge in [0.05, 0.1) is 0 Å². The molecular formula is C27H33N5O6. The molecule has 0 saturated carbocycles. The molecule has 3 N–H and O–H groups in total. The molecule has 38 heavy (non-hydrogen) atoms. The van der Waals surface area contributed by atoms with E-state index in [4.69, 9.17) is 9.52 Å². The fourth-order valence-corrected chi connectivity index (χ4v) is 3.86. The van der Waals surface area contributed by atoms with Gasteiger partial charge in [0.15, 0.2) is 5.58 Å². The van der Waals surface area contributed by atoms with Crippen LogP contribution in [0.2, 0.25) is 0 Å². The smallest absolute Gasteiger partial charge is 0.405 e. The molecule has 1 aromatic carbocycles. The van der Waals surface area contributed by atoms with Crippen molar-refractivity contribution in [3.8, 4) is 0 Å². The number of aromatic nitrogens is 2. The average molecular weight is 524 g/mol. The molecule has 0 spiro atoms. The summed E-state index contributed by atoms with van der Waals surface area (Å²) in [7, 11) is 3.21. The van der Waals surface area contributed by atoms with E-state index in [0.29, 0.717) is 17.4 Å². The van der Waals surface area contributed by atoms with Crippen LogP contribution in [0.5, 0.6) is 0 Å². The molecule has 0 saturated heterocycles. The maximum absolute atomic E-state index is 13.1. The zero-order valence-electron chi connectivity index (χ0n) is 21.9. The maximum Gasteiger partial charge on any atom is 0.405 e. The van der Waals surface area contributed by atoms with Crippen LogP contribution in [0.3, 0.4) is 0 Å². The number of pyridine rings is 1. The lowest BCUT2D eigenvalue weighted by molar-refractivity contribution is -0.123. The Hall–Kier alpha value is -4.41. The molecule has 0 aliphatic rings. The summed E-state index contributed by atoms with van der Waals surface area (Å²) in [4.78, 5) is 54.8. The van der Waals surface area contributed by atoms with Gasteiger partial charge in [0, 0.05) is 20.3 Å². The summed E-state index contributed by atoms with van der Waals surface area (Å²) in [5.41, 5.74) is 1.97. The molecule has 0 aliphatic carbocycles. The number of allylic oxidation sites excluding steroid dienone is 1. The molecule has 11 heteroatoms. The average Bonchev–Trinajstić information content (AvgIpc) is 3.26. The molecule has 11 nitrogen and oxygen atoms in total. The molecule has 0 bridgehead atoms. The first-order chi connectivity index (χ1) is 18.0. The Bertz CT molecular complexity index is 1390. The number of anilines is 1. The van der Waals surface area contributed by atoms with Gasteiger partial charge in [0.2, 0.25) is 17.7 Å². The second kappa shape index (κ2) is 12.7. The molecule has 2 heterocycles. The fourth-order valence-electron chi connectivity index (χ4n) is 3.86. The Morgan fingerprint density at radius 1 is 1.18 bits per heavy atom. The van der Waals surface area contributed by atoms with Gasteiger partial charge in [-0.3, -0.25) is 14.4 Å². The second-order valence-electron chi connectivity index (χ2n) is 9.53. The Kier molecular flexibility index (Phi) is 9.42. The van der Waals surface area contributed by atoms with E-state index in [0.717, 1.165) is 17.5 Å². The molecule has 2 aromatic heterocycles. The second-order valence-corrected chi connectivity index (χ2v) is 9.53. The van der Waals surface area contributed by atoms with Crippen molar-refractivity contribution in [2.24, 2.45) is 5.92 Å². The van der Waals surface area contributed by atoms with Gasteiger partial charge in [-0.25, -0.2) is 9.78 Å². The number of likely N-dealkylation sites (N-methyl/N-ethyl adjacent to an activating group) is 1. The van der Waals surface area contributed by atoms with Crippen molar-refractivity contribution < 1.29 is 23.9 Å². The van der Waals surface area contributed by atoms with Gasteiger partial charge in [-0.15, -0.1) is 0 Å². The van der Waals surface area contributed by atoms with Crippen LogP contribution >= 0.6 is 0 Å². The molecule has 202 valence electrons. The molecule has 1 atom stereocenters. The van der Waals surface area contributed by atoms with Crippen molar-refractivity contribution in [2.45, 2.75) is 45.7 Å². The van der Waals surface area contributed by atoms with E-state index in [-0.39, 0.29) is 31.0 Å². The van der Waals surface area contributed by atoms with Gasteiger partial charge in [-0.1, -0.05) is 32.1 Å². The summed E-state index contributed by atoms with van der Waals surface area (Å²) >= 11 is 0. The molecule has 3 rings (SSSR count). The van der Waals surface area contributed by atoms with Gasteiger partial charge in [0.1, 0.15) is 23.8 Å². The molecule has 3 aromatic rings. The number of nitrogens with zero attached hydrogens (tertiary/aromatic N) is 3. The third-order valence-electron chi connectivity index (χ3n) is 5.70. The van der Waals surface area contributed by atoms with Crippen molar-refractivity contribution in [3.05, 3.63) is 70.5 Å². The maximum atomic E-state index is 13.1. The van der Waals surface area contributed by atoms with Crippen molar-refractivity contribution in [2.75, 3.05) is 19.4 Å². The number of carbonyl (C=O) groups is 3. The fraction of sp³-hybridized carbons (Fsp3) is 0.370. The predicted molar refractivity (Wildman–Crippen MR) is 143 cm³/mol. The molecular weight excluding hydrogens is 490 g/mol. The summed E-state index contributed by atoms with van der Waals surface area (Å²) in [5.74, 6) is -0.113. The lowest BCUT2D eigenvalue weighted by atomic mass is 10.0. The van der Waals surface area contributed by atoms with Gasteiger partial charge in [-0.05, 0) is 55.0 Å². The number of rotatable bonds is 11. The lowest BCUT2D eigenvalue weighted by Gasteiger charge is -2.16. The SMILES string of the molecule is CC(C)Cc1cccc2oc(Cn3cccc(NC(=O)[C@H](CC/C=C/C(=O)N(C)C)NC(=O)O)c3=O)nc12. The minimum atomic E-state index is -1.38. The highest BCUT2D eigenvalue weighted by Gasteiger charge is 2.21. The largest absolute Gasteiger partial charge is 0.465 e. The zero-order valence-corrected chi connectivity index (χ0v) is 21.9. The Labute approximate surface area is 220 Å². The highest BCUT2D eigenvalue weighted by molar-refractivity contribution is 5.96. The number of fused-ring (bicyclic) bond motifs is 1. The van der Waals surface area contributed by atoms with Crippen molar-refractivity contribution in [1.82, 2.24) is 19.8 Å². The number of oxazole rings is 1. The topological polar surface area (TPSA) is 147 Å². The first-order valence-electron chi connectivity index (χ1n) is 12.3. The van der Waals surface area contributed by atoms with Gasteiger partial charge < -0.3 is 29.6 Å². The first kappa shape index (κ1) is 28.2. The van der Waals surface area contributed by atoms with E-state index in [1.165, 1.54) is 21.6 Å².